The van der Waals surface area contributed by atoms with Gasteiger partial charge in [0.25, 0.3) is 10.0 Å². The van der Waals surface area contributed by atoms with Gasteiger partial charge in [-0.25, -0.2) is 13.2 Å². The molecule has 1 aliphatic heterocycles. The zero-order chi connectivity index (χ0) is 20.5. The van der Waals surface area contributed by atoms with Crippen LogP contribution in [0.4, 0.5) is 16.2 Å². The first kappa shape index (κ1) is 20.2. The van der Waals surface area contributed by atoms with E-state index < -0.39 is 10.0 Å². The number of hydrogen-bond acceptors (Lipinski definition) is 3. The van der Waals surface area contributed by atoms with Crippen LogP contribution in [-0.2, 0) is 16.4 Å². The van der Waals surface area contributed by atoms with Crippen molar-refractivity contribution in [3.05, 3.63) is 52.6 Å². The molecule has 3 rings (SSSR count). The van der Waals surface area contributed by atoms with Crippen molar-refractivity contribution in [2.45, 2.75) is 45.4 Å². The molecular formula is C21H27N3O3S. The molecule has 7 heteroatoms. The maximum absolute atomic E-state index is 12.9. The molecular weight excluding hydrogens is 374 g/mol. The Bertz CT molecular complexity index is 993. The maximum atomic E-state index is 12.9. The Morgan fingerprint density at radius 2 is 1.79 bits per heavy atom. The van der Waals surface area contributed by atoms with Crippen LogP contribution in [0.2, 0.25) is 0 Å². The standard InChI is InChI=1S/C21H27N3O3S/c1-5-9-22-21(25)24-10-8-17-13-18(6-7-19(17)24)28(26,27)23-20-15(3)11-14(2)12-16(20)4/h6-7,11-13,23H,5,8-10H2,1-4H3,(H,22,25). The lowest BCUT2D eigenvalue weighted by Gasteiger charge is -2.18. The van der Waals surface area contributed by atoms with Crippen molar-refractivity contribution in [3.63, 3.8) is 0 Å². The van der Waals surface area contributed by atoms with Gasteiger partial charge in [0.1, 0.15) is 0 Å². The number of nitrogens with zero attached hydrogens (tertiary/aromatic N) is 1. The summed E-state index contributed by atoms with van der Waals surface area (Å²) in [5, 5.41) is 2.87. The predicted molar refractivity (Wildman–Crippen MR) is 113 cm³/mol. The van der Waals surface area contributed by atoms with E-state index in [4.69, 9.17) is 0 Å². The summed E-state index contributed by atoms with van der Waals surface area (Å²) in [6.07, 6.45) is 1.51. The maximum Gasteiger partial charge on any atom is 0.321 e. The summed E-state index contributed by atoms with van der Waals surface area (Å²) >= 11 is 0. The molecule has 0 unspecified atom stereocenters. The highest BCUT2D eigenvalue weighted by atomic mass is 32.2. The van der Waals surface area contributed by atoms with E-state index in [0.717, 1.165) is 34.4 Å². The molecule has 0 fully saturated rings. The number of carbonyl (C=O) groups is 1. The second-order valence-corrected chi connectivity index (χ2v) is 8.99. The van der Waals surface area contributed by atoms with Gasteiger partial charge in [-0.3, -0.25) is 9.62 Å². The number of urea groups is 1. The summed E-state index contributed by atoms with van der Waals surface area (Å²) in [4.78, 5) is 14.2. The molecule has 0 radical (unpaired) electrons. The normalized spacial score (nSPS) is 13.4. The number of aryl methyl sites for hydroxylation is 3. The molecule has 2 amide bonds. The summed E-state index contributed by atoms with van der Waals surface area (Å²) in [6.45, 7) is 8.95. The van der Waals surface area contributed by atoms with E-state index in [0.29, 0.717) is 25.2 Å². The fourth-order valence-electron chi connectivity index (χ4n) is 3.62. The first-order valence-corrected chi connectivity index (χ1v) is 11.0. The van der Waals surface area contributed by atoms with Crippen molar-refractivity contribution in [2.24, 2.45) is 0 Å². The molecule has 2 aromatic rings. The molecule has 1 aliphatic rings. The monoisotopic (exact) mass is 401 g/mol. The van der Waals surface area contributed by atoms with Crippen LogP contribution in [0, 0.1) is 20.8 Å². The Kier molecular flexibility index (Phi) is 5.65. The van der Waals surface area contributed by atoms with Crippen molar-refractivity contribution in [3.8, 4) is 0 Å². The fraction of sp³-hybridized carbons (Fsp3) is 0.381. The van der Waals surface area contributed by atoms with Gasteiger partial charge in [-0.2, -0.15) is 0 Å². The van der Waals surface area contributed by atoms with Crippen LogP contribution in [0.5, 0.6) is 0 Å². The summed E-state index contributed by atoms with van der Waals surface area (Å²) in [5.74, 6) is 0. The number of amides is 2. The van der Waals surface area contributed by atoms with Crippen molar-refractivity contribution in [1.29, 1.82) is 0 Å². The molecule has 0 aliphatic carbocycles. The molecule has 0 saturated carbocycles. The average molecular weight is 402 g/mol. The fourth-order valence-corrected chi connectivity index (χ4v) is 4.87. The van der Waals surface area contributed by atoms with Crippen LogP contribution < -0.4 is 14.9 Å². The summed E-state index contributed by atoms with van der Waals surface area (Å²) < 4.78 is 28.6. The van der Waals surface area contributed by atoms with Crippen LogP contribution >= 0.6 is 0 Å². The number of hydrogen-bond donors (Lipinski definition) is 2. The van der Waals surface area contributed by atoms with Gasteiger partial charge in [0, 0.05) is 18.8 Å². The zero-order valence-corrected chi connectivity index (χ0v) is 17.6. The summed E-state index contributed by atoms with van der Waals surface area (Å²) in [7, 11) is -3.71. The van der Waals surface area contributed by atoms with Crippen molar-refractivity contribution >= 4 is 27.4 Å². The molecule has 0 spiro atoms. The summed E-state index contributed by atoms with van der Waals surface area (Å²) in [6, 6.07) is 8.73. The highest BCUT2D eigenvalue weighted by Gasteiger charge is 2.26. The van der Waals surface area contributed by atoms with Crippen LogP contribution in [0.3, 0.4) is 0 Å². The van der Waals surface area contributed by atoms with E-state index >= 15 is 0 Å². The molecule has 150 valence electrons. The minimum atomic E-state index is -3.71. The second kappa shape index (κ2) is 7.83. The number of benzene rings is 2. The Morgan fingerprint density at radius 1 is 1.11 bits per heavy atom. The molecule has 2 aromatic carbocycles. The first-order chi connectivity index (χ1) is 13.2. The van der Waals surface area contributed by atoms with Gasteiger partial charge in [0.15, 0.2) is 0 Å². The number of anilines is 2. The van der Waals surface area contributed by atoms with E-state index in [2.05, 4.69) is 10.0 Å². The van der Waals surface area contributed by atoms with E-state index in [-0.39, 0.29) is 10.9 Å². The van der Waals surface area contributed by atoms with E-state index in [1.807, 2.05) is 39.8 Å². The Labute approximate surface area is 167 Å². The molecule has 0 bridgehead atoms. The van der Waals surface area contributed by atoms with Gasteiger partial charge in [-0.15, -0.1) is 0 Å². The molecule has 2 N–H and O–H groups in total. The minimum absolute atomic E-state index is 0.139. The van der Waals surface area contributed by atoms with Gasteiger partial charge in [0.2, 0.25) is 0 Å². The van der Waals surface area contributed by atoms with E-state index in [1.54, 1.807) is 23.1 Å². The smallest absolute Gasteiger partial charge is 0.321 e. The van der Waals surface area contributed by atoms with Crippen LogP contribution in [0.15, 0.2) is 35.2 Å². The third-order valence-corrected chi connectivity index (χ3v) is 6.29. The van der Waals surface area contributed by atoms with E-state index in [9.17, 15) is 13.2 Å². The quantitative estimate of drug-likeness (QED) is 0.798. The molecule has 0 saturated heterocycles. The first-order valence-electron chi connectivity index (χ1n) is 9.52. The third kappa shape index (κ3) is 3.99. The SMILES string of the molecule is CCCNC(=O)N1CCc2cc(S(=O)(=O)Nc3c(C)cc(C)cc3C)ccc21. The summed E-state index contributed by atoms with van der Waals surface area (Å²) in [5.41, 5.74) is 5.13. The number of nitrogens with one attached hydrogen (secondary N) is 2. The lowest BCUT2D eigenvalue weighted by molar-refractivity contribution is 0.247. The van der Waals surface area contributed by atoms with Crippen LogP contribution in [0.25, 0.3) is 0 Å². The Balaban J connectivity index is 1.86. The van der Waals surface area contributed by atoms with Crippen LogP contribution in [0.1, 0.15) is 35.6 Å². The van der Waals surface area contributed by atoms with Gasteiger partial charge >= 0.3 is 6.03 Å². The van der Waals surface area contributed by atoms with Crippen molar-refractivity contribution in [1.82, 2.24) is 5.32 Å². The molecule has 1 heterocycles. The lowest BCUT2D eigenvalue weighted by atomic mass is 10.1. The van der Waals surface area contributed by atoms with Gasteiger partial charge < -0.3 is 5.32 Å². The predicted octanol–water partition coefficient (Wildman–Crippen LogP) is 3.89. The second-order valence-electron chi connectivity index (χ2n) is 7.30. The Hall–Kier alpha value is -2.54. The highest BCUT2D eigenvalue weighted by molar-refractivity contribution is 7.92. The highest BCUT2D eigenvalue weighted by Crippen LogP contribution is 2.31. The Morgan fingerprint density at radius 3 is 2.43 bits per heavy atom. The lowest BCUT2D eigenvalue weighted by Crippen LogP contribution is -2.39. The number of rotatable bonds is 5. The third-order valence-electron chi connectivity index (χ3n) is 4.94. The largest absolute Gasteiger partial charge is 0.338 e. The molecule has 28 heavy (non-hydrogen) atoms. The average Bonchev–Trinajstić information content (AvgIpc) is 3.06. The van der Waals surface area contributed by atoms with Gasteiger partial charge in [-0.1, -0.05) is 24.6 Å². The zero-order valence-electron chi connectivity index (χ0n) is 16.8. The van der Waals surface area contributed by atoms with Gasteiger partial charge in [0.05, 0.1) is 10.6 Å². The molecule has 6 nitrogen and oxygen atoms in total. The number of fused-ring (bicyclic) bond motifs is 1. The van der Waals surface area contributed by atoms with Crippen LogP contribution in [-0.4, -0.2) is 27.5 Å². The number of carbonyl (C=O) groups excluding carboxylic acids is 1. The minimum Gasteiger partial charge on any atom is -0.338 e. The number of sulfonamides is 1. The van der Waals surface area contributed by atoms with Gasteiger partial charge in [-0.05, 0) is 68.5 Å². The van der Waals surface area contributed by atoms with Crippen molar-refractivity contribution in [2.75, 3.05) is 22.7 Å². The van der Waals surface area contributed by atoms with E-state index in [1.165, 1.54) is 0 Å². The molecule has 0 atom stereocenters. The van der Waals surface area contributed by atoms with Crippen molar-refractivity contribution < 1.29 is 13.2 Å². The topological polar surface area (TPSA) is 78.5 Å². The molecule has 0 aromatic heterocycles.